The van der Waals surface area contributed by atoms with Gasteiger partial charge < -0.3 is 4.74 Å². The fourth-order valence-corrected chi connectivity index (χ4v) is 4.63. The largest absolute Gasteiger partial charge is 0.465 e. The smallest absolute Gasteiger partial charge is 0.337 e. The van der Waals surface area contributed by atoms with E-state index < -0.39 is 17.2 Å². The summed E-state index contributed by atoms with van der Waals surface area (Å²) >= 11 is -1.12. The Morgan fingerprint density at radius 2 is 1.80 bits per heavy atom. The van der Waals surface area contributed by atoms with E-state index in [0.29, 0.717) is 26.8 Å². The van der Waals surface area contributed by atoms with E-state index in [1.54, 1.807) is 48.5 Å². The lowest BCUT2D eigenvalue weighted by Crippen LogP contribution is -2.18. The monoisotopic (exact) mass is 442 g/mol. The van der Waals surface area contributed by atoms with Crippen LogP contribution in [0.1, 0.15) is 10.4 Å². The van der Waals surface area contributed by atoms with E-state index in [-0.39, 0.29) is 5.82 Å². The van der Waals surface area contributed by atoms with Crippen molar-refractivity contribution in [3.8, 4) is 10.6 Å². The van der Waals surface area contributed by atoms with Crippen LogP contribution in [0.2, 0.25) is 0 Å². The molecule has 0 radical (unpaired) electrons. The average molecular weight is 442 g/mol. The van der Waals surface area contributed by atoms with Crippen LogP contribution in [0.15, 0.2) is 66.9 Å². The Labute approximate surface area is 178 Å². The number of ether oxygens (including phenoxy) is 1. The van der Waals surface area contributed by atoms with Crippen molar-refractivity contribution in [1.29, 1.82) is 0 Å². The van der Waals surface area contributed by atoms with Gasteiger partial charge in [0.05, 0.1) is 24.6 Å². The summed E-state index contributed by atoms with van der Waals surface area (Å²) in [5, 5.41) is 2.64. The molecule has 0 spiro atoms. The van der Waals surface area contributed by atoms with Gasteiger partial charge in [0.25, 0.3) is 11.3 Å². The molecule has 4 rings (SSSR count). The number of nitrogens with zero attached hydrogens (tertiary/aromatic N) is 2. The Morgan fingerprint density at radius 3 is 2.50 bits per heavy atom. The highest BCUT2D eigenvalue weighted by Crippen LogP contribution is 2.37. The predicted octanol–water partition coefficient (Wildman–Crippen LogP) is 5.16. The van der Waals surface area contributed by atoms with E-state index in [1.165, 1.54) is 41.1 Å². The second-order valence-electron chi connectivity index (χ2n) is 6.27. The van der Waals surface area contributed by atoms with Crippen molar-refractivity contribution < 1.29 is 22.7 Å². The third-order valence-corrected chi connectivity index (χ3v) is 6.29. The molecule has 152 valence electrons. The third-order valence-electron chi connectivity index (χ3n) is 4.42. The Kier molecular flexibility index (Phi) is 5.58. The van der Waals surface area contributed by atoms with Crippen LogP contribution < -0.4 is 4.31 Å². The normalized spacial score (nSPS) is 12.0. The fourth-order valence-electron chi connectivity index (χ4n) is 2.98. The summed E-state index contributed by atoms with van der Waals surface area (Å²) in [7, 11) is 1.32. The van der Waals surface area contributed by atoms with Crippen molar-refractivity contribution in [3.63, 3.8) is 0 Å². The molecule has 30 heavy (non-hydrogen) atoms. The fraction of sp³-hybridized carbons (Fsp3) is 0.0476. The van der Waals surface area contributed by atoms with E-state index >= 15 is 0 Å². The van der Waals surface area contributed by atoms with E-state index in [1.807, 2.05) is 0 Å². The maximum Gasteiger partial charge on any atom is 0.337 e. The van der Waals surface area contributed by atoms with Crippen LogP contribution in [0.5, 0.6) is 0 Å². The summed E-state index contributed by atoms with van der Waals surface area (Å²) in [6.07, 6.45) is 1.50. The number of carbonyl (C=O) groups is 1. The summed E-state index contributed by atoms with van der Waals surface area (Å²) in [6, 6.07) is 16.2. The summed E-state index contributed by atoms with van der Waals surface area (Å²) in [5.41, 5.74) is 1.63. The van der Waals surface area contributed by atoms with Crippen molar-refractivity contribution in [2.75, 3.05) is 11.4 Å². The first kappa shape index (κ1) is 20.1. The summed E-state index contributed by atoms with van der Waals surface area (Å²) in [6.45, 7) is 0. The van der Waals surface area contributed by atoms with Gasteiger partial charge in [0, 0.05) is 5.56 Å². The molecule has 4 aromatic rings. The number of esters is 1. The maximum atomic E-state index is 13.2. The molecule has 0 bridgehead atoms. The van der Waals surface area contributed by atoms with E-state index in [2.05, 4.69) is 4.98 Å². The second kappa shape index (κ2) is 8.31. The lowest BCUT2D eigenvalue weighted by Gasteiger charge is -2.18. The highest BCUT2D eigenvalue weighted by atomic mass is 32.2. The van der Waals surface area contributed by atoms with Crippen molar-refractivity contribution in [2.45, 2.75) is 0 Å². The number of anilines is 2. The number of hydrogen-bond acceptors (Lipinski definition) is 5. The molecular weight excluding hydrogens is 427 g/mol. The molecule has 1 atom stereocenters. The van der Waals surface area contributed by atoms with Gasteiger partial charge in [0.1, 0.15) is 15.8 Å². The van der Waals surface area contributed by atoms with Gasteiger partial charge >= 0.3 is 5.97 Å². The molecule has 0 amide bonds. The molecule has 1 heterocycles. The van der Waals surface area contributed by atoms with E-state index in [0.717, 1.165) is 10.8 Å². The van der Waals surface area contributed by atoms with E-state index in [9.17, 15) is 17.9 Å². The third kappa shape index (κ3) is 3.95. The minimum Gasteiger partial charge on any atom is -0.465 e. The van der Waals surface area contributed by atoms with Gasteiger partial charge in [-0.25, -0.2) is 22.7 Å². The Morgan fingerprint density at radius 1 is 1.10 bits per heavy atom. The zero-order valence-electron chi connectivity index (χ0n) is 15.6. The molecule has 0 saturated carbocycles. The first-order valence-corrected chi connectivity index (χ1v) is 10.6. The minimum atomic E-state index is -2.34. The SMILES string of the molecule is COC(=O)c1ccc2cc(N(c3cnc(-c4ccc(F)cc4)s3)S(=O)O)ccc2c1. The zero-order chi connectivity index (χ0) is 21.3. The molecule has 0 aliphatic heterocycles. The molecule has 1 aromatic heterocycles. The molecule has 0 fully saturated rings. The summed E-state index contributed by atoms with van der Waals surface area (Å²) < 4.78 is 41.2. The first-order valence-electron chi connectivity index (χ1n) is 8.71. The van der Waals surface area contributed by atoms with Gasteiger partial charge in [-0.15, -0.1) is 0 Å². The second-order valence-corrected chi connectivity index (χ2v) is 8.11. The lowest BCUT2D eigenvalue weighted by molar-refractivity contribution is 0.0601. The number of methoxy groups -OCH3 is 1. The van der Waals surface area contributed by atoms with Gasteiger partial charge in [0.15, 0.2) is 0 Å². The van der Waals surface area contributed by atoms with Crippen LogP contribution in [-0.4, -0.2) is 26.8 Å². The molecule has 9 heteroatoms. The Hall–Kier alpha value is -3.14. The number of thiazole rings is 1. The highest BCUT2D eigenvalue weighted by molar-refractivity contribution is 7.81. The highest BCUT2D eigenvalue weighted by Gasteiger charge is 2.19. The van der Waals surface area contributed by atoms with Gasteiger partial charge in [-0.1, -0.05) is 23.5 Å². The predicted molar refractivity (Wildman–Crippen MR) is 116 cm³/mol. The molecule has 1 unspecified atom stereocenters. The molecule has 3 aromatic carbocycles. The number of carbonyl (C=O) groups excluding carboxylic acids is 1. The summed E-state index contributed by atoms with van der Waals surface area (Å²) in [4.78, 5) is 16.0. The van der Waals surface area contributed by atoms with Crippen LogP contribution in [-0.2, 0) is 16.0 Å². The van der Waals surface area contributed by atoms with Crippen LogP contribution in [0.25, 0.3) is 21.3 Å². The number of rotatable bonds is 5. The van der Waals surface area contributed by atoms with Crippen LogP contribution in [0.4, 0.5) is 15.1 Å². The topological polar surface area (TPSA) is 79.7 Å². The zero-order valence-corrected chi connectivity index (χ0v) is 17.2. The van der Waals surface area contributed by atoms with Crippen molar-refractivity contribution in [1.82, 2.24) is 4.98 Å². The molecule has 0 aliphatic rings. The lowest BCUT2D eigenvalue weighted by atomic mass is 10.1. The quantitative estimate of drug-likeness (QED) is 0.341. The van der Waals surface area contributed by atoms with Crippen molar-refractivity contribution >= 4 is 50.0 Å². The van der Waals surface area contributed by atoms with Crippen molar-refractivity contribution in [2.24, 2.45) is 0 Å². The van der Waals surface area contributed by atoms with Crippen molar-refractivity contribution in [3.05, 3.63) is 78.2 Å². The van der Waals surface area contributed by atoms with Gasteiger partial charge in [-0.3, -0.25) is 4.55 Å². The number of benzene rings is 3. The first-order chi connectivity index (χ1) is 14.5. The maximum absolute atomic E-state index is 13.2. The molecular formula is C21H15FN2O4S2. The van der Waals surface area contributed by atoms with E-state index in [4.69, 9.17) is 4.74 Å². The number of aromatic nitrogens is 1. The molecule has 0 saturated heterocycles. The average Bonchev–Trinajstić information content (AvgIpc) is 3.22. The summed E-state index contributed by atoms with van der Waals surface area (Å²) in [5.74, 6) is -0.780. The van der Waals surface area contributed by atoms with Gasteiger partial charge in [-0.05, 0) is 59.3 Å². The van der Waals surface area contributed by atoms with Crippen LogP contribution >= 0.6 is 11.3 Å². The van der Waals surface area contributed by atoms with Crippen LogP contribution in [0.3, 0.4) is 0 Å². The van der Waals surface area contributed by atoms with Crippen LogP contribution in [0, 0.1) is 5.82 Å². The number of fused-ring (bicyclic) bond motifs is 1. The standard InChI is InChI=1S/C21H15FN2O4S2/c1-28-21(25)16-3-2-15-11-18(9-6-14(15)10-16)24(30(26)27)19-12-23-20(29-19)13-4-7-17(22)8-5-13/h2-12H,1H3,(H,26,27). The van der Waals surface area contributed by atoms with Gasteiger partial charge in [-0.2, -0.15) is 0 Å². The van der Waals surface area contributed by atoms with Gasteiger partial charge in [0.2, 0.25) is 0 Å². The number of hydrogen-bond donors (Lipinski definition) is 1. The molecule has 1 N–H and O–H groups in total. The molecule has 0 aliphatic carbocycles. The Balaban J connectivity index is 1.71. The molecule has 6 nitrogen and oxygen atoms in total. The minimum absolute atomic E-state index is 0.347. The number of halogens is 1. The Bertz CT molecular complexity index is 1260.